The number of fused-ring (bicyclic) bond motifs is 1. The summed E-state index contributed by atoms with van der Waals surface area (Å²) in [6.45, 7) is 0.941. The third kappa shape index (κ3) is 3.22. The number of ether oxygens (including phenoxy) is 1. The maximum absolute atomic E-state index is 5.76. The summed E-state index contributed by atoms with van der Waals surface area (Å²) in [5.41, 5.74) is 8.55. The molecule has 0 aliphatic carbocycles. The van der Waals surface area contributed by atoms with E-state index >= 15 is 0 Å². The van der Waals surface area contributed by atoms with Crippen LogP contribution in [0.15, 0.2) is 18.2 Å². The van der Waals surface area contributed by atoms with Crippen LogP contribution in [0.25, 0.3) is 11.0 Å². The minimum Gasteiger partial charge on any atom is -0.399 e. The highest BCUT2D eigenvalue weighted by Gasteiger charge is 2.14. The summed E-state index contributed by atoms with van der Waals surface area (Å²) in [7, 11) is 0. The molecule has 19 heavy (non-hydrogen) atoms. The molecule has 2 heterocycles. The Morgan fingerprint density at radius 2 is 2.42 bits per heavy atom. The summed E-state index contributed by atoms with van der Waals surface area (Å²) in [6.07, 6.45) is 3.87. The Kier molecular flexibility index (Phi) is 3.94. The van der Waals surface area contributed by atoms with Gasteiger partial charge in [-0.2, -0.15) is 11.8 Å². The predicted octanol–water partition coefficient (Wildman–Crippen LogP) is 2.60. The molecule has 1 aromatic carbocycles. The first-order valence-electron chi connectivity index (χ1n) is 6.75. The van der Waals surface area contributed by atoms with E-state index in [0.717, 1.165) is 47.1 Å². The number of aromatic amines is 1. The van der Waals surface area contributed by atoms with Crippen molar-refractivity contribution in [1.82, 2.24) is 9.97 Å². The molecule has 1 unspecified atom stereocenters. The van der Waals surface area contributed by atoms with E-state index in [2.05, 4.69) is 9.97 Å². The second-order valence-corrected chi connectivity index (χ2v) is 6.07. The zero-order valence-corrected chi connectivity index (χ0v) is 11.7. The summed E-state index contributed by atoms with van der Waals surface area (Å²) in [4.78, 5) is 7.90. The number of nitrogens with zero attached hydrogens (tertiary/aromatic N) is 1. The number of imidazole rings is 1. The number of nitrogens with one attached hydrogen (secondary N) is 1. The number of hydrogen-bond acceptors (Lipinski definition) is 4. The number of aromatic nitrogens is 2. The molecule has 0 saturated carbocycles. The highest BCUT2D eigenvalue weighted by molar-refractivity contribution is 7.99. The molecule has 102 valence electrons. The van der Waals surface area contributed by atoms with Crippen molar-refractivity contribution in [2.45, 2.75) is 25.4 Å². The van der Waals surface area contributed by atoms with Crippen molar-refractivity contribution in [3.63, 3.8) is 0 Å². The summed E-state index contributed by atoms with van der Waals surface area (Å²) in [5, 5.41) is 0. The third-order valence-corrected chi connectivity index (χ3v) is 4.47. The maximum Gasteiger partial charge on any atom is 0.108 e. The lowest BCUT2D eigenvalue weighted by atomic mass is 10.3. The Hall–Kier alpha value is -1.20. The van der Waals surface area contributed by atoms with Crippen LogP contribution in [-0.2, 0) is 11.2 Å². The van der Waals surface area contributed by atoms with E-state index < -0.39 is 0 Å². The van der Waals surface area contributed by atoms with Crippen LogP contribution in [0.1, 0.15) is 18.7 Å². The molecule has 0 amide bonds. The van der Waals surface area contributed by atoms with Crippen molar-refractivity contribution < 1.29 is 4.74 Å². The van der Waals surface area contributed by atoms with Crippen LogP contribution in [0.5, 0.6) is 0 Å². The lowest BCUT2D eigenvalue weighted by Crippen LogP contribution is -2.08. The Morgan fingerprint density at radius 1 is 1.47 bits per heavy atom. The minimum absolute atomic E-state index is 0.473. The van der Waals surface area contributed by atoms with Crippen LogP contribution in [0, 0.1) is 0 Å². The van der Waals surface area contributed by atoms with Crippen molar-refractivity contribution in [3.8, 4) is 0 Å². The smallest absolute Gasteiger partial charge is 0.108 e. The third-order valence-electron chi connectivity index (χ3n) is 3.37. The van der Waals surface area contributed by atoms with Gasteiger partial charge in [-0.1, -0.05) is 0 Å². The van der Waals surface area contributed by atoms with Crippen molar-refractivity contribution >= 4 is 28.5 Å². The van der Waals surface area contributed by atoms with Crippen LogP contribution in [0.3, 0.4) is 0 Å². The van der Waals surface area contributed by atoms with Gasteiger partial charge in [-0.05, 0) is 31.0 Å². The van der Waals surface area contributed by atoms with Gasteiger partial charge < -0.3 is 15.5 Å². The molecule has 1 aromatic heterocycles. The first-order valence-corrected chi connectivity index (χ1v) is 7.90. The molecule has 3 N–H and O–H groups in total. The second kappa shape index (κ2) is 5.84. The van der Waals surface area contributed by atoms with Crippen LogP contribution in [0.2, 0.25) is 0 Å². The van der Waals surface area contributed by atoms with E-state index in [4.69, 9.17) is 10.5 Å². The van der Waals surface area contributed by atoms with Crippen LogP contribution in [0.4, 0.5) is 5.69 Å². The number of H-pyrrole nitrogens is 1. The molecule has 1 fully saturated rings. The molecule has 1 saturated heterocycles. The lowest BCUT2D eigenvalue weighted by molar-refractivity contribution is 0.129. The highest BCUT2D eigenvalue weighted by atomic mass is 32.2. The molecular weight excluding hydrogens is 258 g/mol. The summed E-state index contributed by atoms with van der Waals surface area (Å²) in [5.74, 6) is 3.22. The minimum atomic E-state index is 0.473. The summed E-state index contributed by atoms with van der Waals surface area (Å²) < 4.78 is 5.61. The fourth-order valence-electron chi connectivity index (χ4n) is 2.36. The predicted molar refractivity (Wildman–Crippen MR) is 80.5 cm³/mol. The van der Waals surface area contributed by atoms with Crippen molar-refractivity contribution in [2.24, 2.45) is 0 Å². The summed E-state index contributed by atoms with van der Waals surface area (Å²) >= 11 is 1.95. The molecule has 1 aliphatic heterocycles. The van der Waals surface area contributed by atoms with E-state index in [1.165, 1.54) is 12.8 Å². The fourth-order valence-corrected chi connectivity index (χ4v) is 3.39. The molecule has 0 radical (unpaired) electrons. The number of anilines is 1. The van der Waals surface area contributed by atoms with E-state index in [1.54, 1.807) is 0 Å². The Morgan fingerprint density at radius 3 is 3.26 bits per heavy atom. The molecular formula is C14H19N3OS. The number of hydrogen-bond donors (Lipinski definition) is 2. The molecule has 2 aromatic rings. The van der Waals surface area contributed by atoms with E-state index in [9.17, 15) is 0 Å². The molecule has 1 atom stereocenters. The second-order valence-electron chi connectivity index (χ2n) is 4.92. The number of rotatable bonds is 5. The number of nitrogens with two attached hydrogens (primary N) is 1. The molecule has 3 rings (SSSR count). The Balaban J connectivity index is 1.50. The quantitative estimate of drug-likeness (QED) is 0.651. The van der Waals surface area contributed by atoms with Crippen molar-refractivity contribution in [1.29, 1.82) is 0 Å². The van der Waals surface area contributed by atoms with Gasteiger partial charge in [0.2, 0.25) is 0 Å². The summed E-state index contributed by atoms with van der Waals surface area (Å²) in [6, 6.07) is 5.79. The number of aryl methyl sites for hydroxylation is 1. The van der Waals surface area contributed by atoms with E-state index in [-0.39, 0.29) is 0 Å². The lowest BCUT2D eigenvalue weighted by Gasteiger charge is -2.07. The van der Waals surface area contributed by atoms with Gasteiger partial charge >= 0.3 is 0 Å². The average molecular weight is 277 g/mol. The molecule has 1 aliphatic rings. The average Bonchev–Trinajstić information content (AvgIpc) is 3.02. The first-order chi connectivity index (χ1) is 9.31. The van der Waals surface area contributed by atoms with Gasteiger partial charge in [0.05, 0.1) is 17.1 Å². The van der Waals surface area contributed by atoms with E-state index in [1.807, 2.05) is 30.0 Å². The highest BCUT2D eigenvalue weighted by Crippen LogP contribution is 2.19. The maximum atomic E-state index is 5.76. The van der Waals surface area contributed by atoms with Crippen LogP contribution in [-0.4, -0.2) is 34.2 Å². The van der Waals surface area contributed by atoms with Gasteiger partial charge in [0.25, 0.3) is 0 Å². The normalized spacial score (nSPS) is 19.3. The van der Waals surface area contributed by atoms with Gasteiger partial charge in [0.1, 0.15) is 5.82 Å². The van der Waals surface area contributed by atoms with Gasteiger partial charge in [0.15, 0.2) is 0 Å². The van der Waals surface area contributed by atoms with Gasteiger partial charge in [-0.15, -0.1) is 0 Å². The van der Waals surface area contributed by atoms with Gasteiger partial charge in [0, 0.05) is 30.2 Å². The zero-order chi connectivity index (χ0) is 13.1. The first kappa shape index (κ1) is 12.8. The SMILES string of the molecule is Nc1ccc2nc(CCSCC3CCCO3)[nH]c2c1. The number of nitrogen functional groups attached to an aromatic ring is 1. The number of benzene rings is 1. The van der Waals surface area contributed by atoms with Crippen LogP contribution < -0.4 is 5.73 Å². The Bertz CT molecular complexity index is 549. The monoisotopic (exact) mass is 277 g/mol. The topological polar surface area (TPSA) is 63.9 Å². The zero-order valence-electron chi connectivity index (χ0n) is 10.9. The molecule has 0 spiro atoms. The standard InChI is InChI=1S/C14H19N3OS/c15-10-3-4-12-13(8-10)17-14(16-12)5-7-19-9-11-2-1-6-18-11/h3-4,8,11H,1-2,5-7,9,15H2,(H,16,17). The molecule has 5 heteroatoms. The van der Waals surface area contributed by atoms with Crippen molar-refractivity contribution in [3.05, 3.63) is 24.0 Å². The van der Waals surface area contributed by atoms with Crippen LogP contribution >= 0.6 is 11.8 Å². The van der Waals surface area contributed by atoms with Gasteiger partial charge in [-0.25, -0.2) is 4.98 Å². The van der Waals surface area contributed by atoms with E-state index in [0.29, 0.717) is 6.10 Å². The number of thioether (sulfide) groups is 1. The van der Waals surface area contributed by atoms with Crippen molar-refractivity contribution in [2.75, 3.05) is 23.8 Å². The fraction of sp³-hybridized carbons (Fsp3) is 0.500. The van der Waals surface area contributed by atoms with Gasteiger partial charge in [-0.3, -0.25) is 0 Å². The molecule has 4 nitrogen and oxygen atoms in total. The molecule has 0 bridgehead atoms. The largest absolute Gasteiger partial charge is 0.399 e. The Labute approximate surface area is 117 Å².